The van der Waals surface area contributed by atoms with E-state index in [0.29, 0.717) is 0 Å². The van der Waals surface area contributed by atoms with Crippen molar-refractivity contribution in [3.05, 3.63) is 29.8 Å². The molecule has 1 aliphatic rings. The summed E-state index contributed by atoms with van der Waals surface area (Å²) in [5, 5.41) is 1.29. The molecule has 0 aliphatic carbocycles. The van der Waals surface area contributed by atoms with Crippen LogP contribution in [-0.4, -0.2) is 47.0 Å². The van der Waals surface area contributed by atoms with Crippen LogP contribution < -0.4 is 5.06 Å². The van der Waals surface area contributed by atoms with Gasteiger partial charge < -0.3 is 4.74 Å². The molecular weight excluding hydrogens is 268 g/mol. The molecule has 106 valence electrons. The van der Waals surface area contributed by atoms with E-state index in [9.17, 15) is 4.21 Å². The highest BCUT2D eigenvalue weighted by molar-refractivity contribution is 7.74. The van der Waals surface area contributed by atoms with Gasteiger partial charge in [-0.1, -0.05) is 12.1 Å². The van der Waals surface area contributed by atoms with Crippen molar-refractivity contribution < 1.29 is 17.8 Å². The Bertz CT molecular complexity index is 437. The molecule has 0 bridgehead atoms. The van der Waals surface area contributed by atoms with Crippen LogP contribution in [0.1, 0.15) is 5.56 Å². The molecule has 1 atom stereocenters. The molecule has 7 heteroatoms. The Morgan fingerprint density at radius 3 is 2.89 bits per heavy atom. The number of hydrogen-bond acceptors (Lipinski definition) is 5. The Morgan fingerprint density at radius 2 is 2.21 bits per heavy atom. The molecule has 0 amide bonds. The molecule has 0 saturated carbocycles. The molecule has 1 aromatic carbocycles. The predicted octanol–water partition coefficient (Wildman–Crippen LogP) is 1.02. The molecule has 1 heterocycles. The zero-order chi connectivity index (χ0) is 13.7. The third-order valence-electron chi connectivity index (χ3n) is 2.96. The van der Waals surface area contributed by atoms with Crippen LogP contribution in [0.3, 0.4) is 0 Å². The maximum absolute atomic E-state index is 10.6. The van der Waals surface area contributed by atoms with Gasteiger partial charge in [0.25, 0.3) is 0 Å². The van der Waals surface area contributed by atoms with Crippen molar-refractivity contribution in [2.45, 2.75) is 6.54 Å². The van der Waals surface area contributed by atoms with Crippen molar-refractivity contribution in [3.8, 4) is 0 Å². The number of anilines is 1. The number of hydrogen-bond donors (Lipinski definition) is 1. The van der Waals surface area contributed by atoms with E-state index in [4.69, 9.17) is 13.6 Å². The van der Waals surface area contributed by atoms with Gasteiger partial charge in [0, 0.05) is 26.7 Å². The molecule has 1 saturated heterocycles. The van der Waals surface area contributed by atoms with Gasteiger partial charge in [0.1, 0.15) is 0 Å². The van der Waals surface area contributed by atoms with Crippen molar-refractivity contribution >= 4 is 17.0 Å². The molecule has 1 fully saturated rings. The minimum Gasteiger partial charge on any atom is -0.379 e. The van der Waals surface area contributed by atoms with Crippen LogP contribution in [0.15, 0.2) is 24.3 Å². The highest BCUT2D eigenvalue weighted by Gasteiger charge is 2.12. The van der Waals surface area contributed by atoms with Crippen LogP contribution in [-0.2, 0) is 26.9 Å². The van der Waals surface area contributed by atoms with E-state index < -0.39 is 11.4 Å². The minimum absolute atomic E-state index is 0.744. The van der Waals surface area contributed by atoms with Crippen molar-refractivity contribution in [1.29, 1.82) is 0 Å². The van der Waals surface area contributed by atoms with Gasteiger partial charge in [0.2, 0.25) is 0 Å². The second-order valence-corrected chi connectivity index (χ2v) is 4.93. The Morgan fingerprint density at radius 1 is 1.47 bits per heavy atom. The first-order valence-corrected chi connectivity index (χ1v) is 7.10. The summed E-state index contributed by atoms with van der Waals surface area (Å²) >= 11 is -2.31. The Hall–Kier alpha value is -0.990. The summed E-state index contributed by atoms with van der Waals surface area (Å²) in [4.78, 5) is 2.31. The van der Waals surface area contributed by atoms with Crippen LogP contribution in [0.2, 0.25) is 0 Å². The molecular formula is C12H18N2O4S. The van der Waals surface area contributed by atoms with Gasteiger partial charge in [-0.05, 0) is 17.7 Å². The fourth-order valence-corrected chi connectivity index (χ4v) is 2.28. The largest absolute Gasteiger partial charge is 0.379 e. The second kappa shape index (κ2) is 6.97. The van der Waals surface area contributed by atoms with Crippen LogP contribution in [0, 0.1) is 0 Å². The molecule has 0 aromatic heterocycles. The minimum atomic E-state index is -2.31. The number of benzene rings is 1. The van der Waals surface area contributed by atoms with Crippen molar-refractivity contribution in [1.82, 2.24) is 4.90 Å². The molecule has 0 radical (unpaired) electrons. The SMILES string of the molecule is CN(OS(=O)O)c1cccc(CN2CCOCC2)c1. The third-order valence-corrected chi connectivity index (χ3v) is 3.31. The van der Waals surface area contributed by atoms with E-state index >= 15 is 0 Å². The summed E-state index contributed by atoms with van der Waals surface area (Å²) in [7, 11) is 1.60. The quantitative estimate of drug-likeness (QED) is 0.644. The van der Waals surface area contributed by atoms with Gasteiger partial charge in [0.05, 0.1) is 18.9 Å². The highest BCUT2D eigenvalue weighted by Crippen LogP contribution is 2.17. The molecule has 6 nitrogen and oxygen atoms in total. The fourth-order valence-electron chi connectivity index (χ4n) is 2.01. The van der Waals surface area contributed by atoms with Crippen molar-refractivity contribution in [2.75, 3.05) is 38.4 Å². The summed E-state index contributed by atoms with van der Waals surface area (Å²) in [5.41, 5.74) is 1.88. The lowest BCUT2D eigenvalue weighted by Crippen LogP contribution is -2.35. The summed E-state index contributed by atoms with van der Waals surface area (Å²) in [6.07, 6.45) is 0. The summed E-state index contributed by atoms with van der Waals surface area (Å²) in [6, 6.07) is 7.71. The number of nitrogens with zero attached hydrogens (tertiary/aromatic N) is 2. The van der Waals surface area contributed by atoms with E-state index in [1.807, 2.05) is 24.3 Å². The van der Waals surface area contributed by atoms with E-state index in [1.54, 1.807) is 7.05 Å². The van der Waals surface area contributed by atoms with Gasteiger partial charge in [-0.3, -0.25) is 9.45 Å². The lowest BCUT2D eigenvalue weighted by molar-refractivity contribution is 0.0342. The summed E-state index contributed by atoms with van der Waals surface area (Å²) in [6.45, 7) is 4.24. The van der Waals surface area contributed by atoms with E-state index in [2.05, 4.69) is 4.90 Å². The summed E-state index contributed by atoms with van der Waals surface area (Å²) in [5.74, 6) is 0. The average molecular weight is 286 g/mol. The van der Waals surface area contributed by atoms with Gasteiger partial charge >= 0.3 is 11.4 Å². The highest BCUT2D eigenvalue weighted by atomic mass is 32.2. The Balaban J connectivity index is 1.99. The Labute approximate surface area is 115 Å². The fraction of sp³-hybridized carbons (Fsp3) is 0.500. The molecule has 19 heavy (non-hydrogen) atoms. The van der Waals surface area contributed by atoms with Crippen LogP contribution in [0.5, 0.6) is 0 Å². The van der Waals surface area contributed by atoms with E-state index in [-0.39, 0.29) is 0 Å². The monoisotopic (exact) mass is 286 g/mol. The maximum atomic E-state index is 10.6. The number of hydroxylamine groups is 1. The molecule has 1 aromatic rings. The molecule has 2 rings (SSSR count). The van der Waals surface area contributed by atoms with Gasteiger partial charge in [-0.2, -0.15) is 4.21 Å². The molecule has 1 aliphatic heterocycles. The maximum Gasteiger partial charge on any atom is 0.325 e. The smallest absolute Gasteiger partial charge is 0.325 e. The lowest BCUT2D eigenvalue weighted by Gasteiger charge is -2.27. The molecule has 1 unspecified atom stereocenters. The average Bonchev–Trinajstić information content (AvgIpc) is 2.39. The van der Waals surface area contributed by atoms with Crippen molar-refractivity contribution in [2.24, 2.45) is 0 Å². The lowest BCUT2D eigenvalue weighted by atomic mass is 10.2. The van der Waals surface area contributed by atoms with Crippen molar-refractivity contribution in [3.63, 3.8) is 0 Å². The first-order valence-electron chi connectivity index (χ1n) is 6.07. The van der Waals surface area contributed by atoms with E-state index in [0.717, 1.165) is 44.1 Å². The molecule has 1 N–H and O–H groups in total. The van der Waals surface area contributed by atoms with Crippen LogP contribution >= 0.6 is 0 Å². The third kappa shape index (κ3) is 4.55. The number of morpholine rings is 1. The Kier molecular flexibility index (Phi) is 5.29. The van der Waals surface area contributed by atoms with Gasteiger partial charge in [-0.15, -0.1) is 4.28 Å². The zero-order valence-electron chi connectivity index (χ0n) is 10.8. The molecule has 0 spiro atoms. The first kappa shape index (κ1) is 14.4. The number of ether oxygens (including phenoxy) is 1. The zero-order valence-corrected chi connectivity index (χ0v) is 11.6. The van der Waals surface area contributed by atoms with Crippen LogP contribution in [0.25, 0.3) is 0 Å². The first-order chi connectivity index (χ1) is 9.15. The normalized spacial score (nSPS) is 18.2. The topological polar surface area (TPSA) is 62.2 Å². The predicted molar refractivity (Wildman–Crippen MR) is 72.8 cm³/mol. The number of rotatable bonds is 5. The van der Waals surface area contributed by atoms with Gasteiger partial charge in [-0.25, -0.2) is 5.06 Å². The van der Waals surface area contributed by atoms with Crippen LogP contribution in [0.4, 0.5) is 5.69 Å². The van der Waals surface area contributed by atoms with E-state index in [1.165, 1.54) is 5.06 Å². The standard InChI is InChI=1S/C12H18N2O4S/c1-13(18-19(15)16)12-4-2-3-11(9-12)10-14-5-7-17-8-6-14/h2-4,9H,5-8,10H2,1H3,(H,15,16). The van der Waals surface area contributed by atoms with Gasteiger partial charge in [0.15, 0.2) is 0 Å². The second-order valence-electron chi connectivity index (χ2n) is 4.35. The summed E-state index contributed by atoms with van der Waals surface area (Å²) < 4.78 is 29.3.